The maximum atomic E-state index is 13.7. The first-order valence-corrected chi connectivity index (χ1v) is 7.99. The Kier molecular flexibility index (Phi) is 5.94. The zero-order valence-electron chi connectivity index (χ0n) is 12.4. The average molecular weight is 342 g/mol. The first kappa shape index (κ1) is 16.9. The van der Waals surface area contributed by atoms with Crippen LogP contribution in [0.2, 0.25) is 5.02 Å². The normalized spacial score (nSPS) is 12.2. The van der Waals surface area contributed by atoms with Gasteiger partial charge in [-0.3, -0.25) is 4.79 Å². The third kappa shape index (κ3) is 4.29. The first-order valence-electron chi connectivity index (χ1n) is 6.80. The smallest absolute Gasteiger partial charge is 0.224 e. The highest BCUT2D eigenvalue weighted by Gasteiger charge is 2.16. The number of carbonyl (C=O) groups excluding carboxylic acids is 1. The van der Waals surface area contributed by atoms with Gasteiger partial charge >= 0.3 is 0 Å². The van der Waals surface area contributed by atoms with Crippen molar-refractivity contribution in [3.63, 3.8) is 0 Å². The number of rotatable bonds is 6. The third-order valence-electron chi connectivity index (χ3n) is 3.25. The van der Waals surface area contributed by atoms with E-state index in [9.17, 15) is 9.18 Å². The second-order valence-electron chi connectivity index (χ2n) is 4.85. The number of aryl methyl sites for hydroxylation is 1. The number of hydrogen-bond donors (Lipinski definition) is 1. The minimum atomic E-state index is -0.472. The molecule has 3 nitrogen and oxygen atoms in total. The van der Waals surface area contributed by atoms with Gasteiger partial charge in [-0.05, 0) is 31.2 Å². The number of methoxy groups -OCH3 is 1. The van der Waals surface area contributed by atoms with Crippen molar-refractivity contribution in [3.05, 3.63) is 56.5 Å². The Morgan fingerprint density at radius 1 is 1.41 bits per heavy atom. The van der Waals surface area contributed by atoms with Crippen LogP contribution in [0.3, 0.4) is 0 Å². The van der Waals surface area contributed by atoms with Gasteiger partial charge in [0.1, 0.15) is 11.9 Å². The van der Waals surface area contributed by atoms with Crippen molar-refractivity contribution >= 4 is 28.8 Å². The van der Waals surface area contributed by atoms with Gasteiger partial charge in [0.15, 0.2) is 0 Å². The van der Waals surface area contributed by atoms with Crippen LogP contribution in [0.1, 0.15) is 21.4 Å². The monoisotopic (exact) mass is 341 g/mol. The molecule has 1 atom stereocenters. The van der Waals surface area contributed by atoms with Gasteiger partial charge in [-0.25, -0.2) is 4.39 Å². The maximum absolute atomic E-state index is 13.7. The molecule has 0 aliphatic heterocycles. The lowest BCUT2D eigenvalue weighted by atomic mass is 10.1. The van der Waals surface area contributed by atoms with E-state index in [-0.39, 0.29) is 29.0 Å². The summed E-state index contributed by atoms with van der Waals surface area (Å²) in [7, 11) is 1.60. The van der Waals surface area contributed by atoms with E-state index in [0.717, 1.165) is 4.88 Å². The molecular weight excluding hydrogens is 325 g/mol. The molecule has 1 amide bonds. The molecule has 1 aromatic carbocycles. The Morgan fingerprint density at radius 2 is 2.18 bits per heavy atom. The van der Waals surface area contributed by atoms with Crippen molar-refractivity contribution in [2.75, 3.05) is 13.7 Å². The van der Waals surface area contributed by atoms with Crippen LogP contribution >= 0.6 is 22.9 Å². The Bertz CT molecular complexity index is 639. The maximum Gasteiger partial charge on any atom is 0.224 e. The minimum Gasteiger partial charge on any atom is -0.374 e. The molecule has 0 saturated heterocycles. The molecule has 1 aromatic heterocycles. The van der Waals surface area contributed by atoms with E-state index in [1.807, 2.05) is 19.1 Å². The fourth-order valence-electron chi connectivity index (χ4n) is 2.06. The molecule has 0 spiro atoms. The van der Waals surface area contributed by atoms with E-state index in [4.69, 9.17) is 16.3 Å². The molecule has 2 aromatic rings. The lowest BCUT2D eigenvalue weighted by Crippen LogP contribution is -2.30. The molecule has 0 fully saturated rings. The van der Waals surface area contributed by atoms with E-state index in [1.54, 1.807) is 24.5 Å². The van der Waals surface area contributed by atoms with E-state index in [2.05, 4.69) is 5.32 Å². The summed E-state index contributed by atoms with van der Waals surface area (Å²) in [5, 5.41) is 3.02. The zero-order valence-corrected chi connectivity index (χ0v) is 13.9. The van der Waals surface area contributed by atoms with Crippen molar-refractivity contribution < 1.29 is 13.9 Å². The van der Waals surface area contributed by atoms with E-state index in [0.29, 0.717) is 6.54 Å². The second kappa shape index (κ2) is 7.72. The van der Waals surface area contributed by atoms with Crippen molar-refractivity contribution in [1.29, 1.82) is 0 Å². The molecule has 1 unspecified atom stereocenters. The van der Waals surface area contributed by atoms with E-state index >= 15 is 0 Å². The number of thiophene rings is 1. The van der Waals surface area contributed by atoms with Gasteiger partial charge < -0.3 is 10.1 Å². The molecular formula is C16H17ClFNO2S. The van der Waals surface area contributed by atoms with Crippen LogP contribution in [0.4, 0.5) is 4.39 Å². The molecule has 22 heavy (non-hydrogen) atoms. The van der Waals surface area contributed by atoms with Crippen molar-refractivity contribution in [2.45, 2.75) is 19.4 Å². The van der Waals surface area contributed by atoms with Crippen LogP contribution in [-0.4, -0.2) is 19.6 Å². The zero-order chi connectivity index (χ0) is 16.1. The molecule has 1 N–H and O–H groups in total. The lowest BCUT2D eigenvalue weighted by molar-refractivity contribution is -0.121. The summed E-state index contributed by atoms with van der Waals surface area (Å²) in [6, 6.07) is 8.36. The van der Waals surface area contributed by atoms with Gasteiger partial charge in [-0.15, -0.1) is 11.3 Å². The van der Waals surface area contributed by atoms with Gasteiger partial charge in [0, 0.05) is 34.0 Å². The number of amides is 1. The van der Waals surface area contributed by atoms with Crippen molar-refractivity contribution in [1.82, 2.24) is 5.32 Å². The molecule has 6 heteroatoms. The van der Waals surface area contributed by atoms with Gasteiger partial charge in [0.25, 0.3) is 0 Å². The Hall–Kier alpha value is -1.43. The SMILES string of the molecule is COC(CNC(=O)Cc1c(F)cccc1Cl)c1ccc(C)s1. The van der Waals surface area contributed by atoms with Crippen LogP contribution < -0.4 is 5.32 Å². The predicted molar refractivity (Wildman–Crippen MR) is 86.9 cm³/mol. The first-order chi connectivity index (χ1) is 10.5. The third-order valence-corrected chi connectivity index (χ3v) is 4.69. The van der Waals surface area contributed by atoms with Gasteiger partial charge in [0.2, 0.25) is 5.91 Å². The highest BCUT2D eigenvalue weighted by atomic mass is 35.5. The molecule has 1 heterocycles. The number of benzene rings is 1. The molecule has 118 valence electrons. The highest BCUT2D eigenvalue weighted by Crippen LogP contribution is 2.24. The van der Waals surface area contributed by atoms with Gasteiger partial charge in [-0.1, -0.05) is 17.7 Å². The Morgan fingerprint density at radius 3 is 2.77 bits per heavy atom. The summed E-state index contributed by atoms with van der Waals surface area (Å²) < 4.78 is 19.0. The van der Waals surface area contributed by atoms with Crippen molar-refractivity contribution in [2.24, 2.45) is 0 Å². The quantitative estimate of drug-likeness (QED) is 0.865. The van der Waals surface area contributed by atoms with Crippen LogP contribution in [0.15, 0.2) is 30.3 Å². The lowest BCUT2D eigenvalue weighted by Gasteiger charge is -2.15. The summed E-state index contributed by atoms with van der Waals surface area (Å²) >= 11 is 7.54. The highest BCUT2D eigenvalue weighted by molar-refractivity contribution is 7.12. The van der Waals surface area contributed by atoms with Crippen molar-refractivity contribution in [3.8, 4) is 0 Å². The predicted octanol–water partition coefficient (Wildman–Crippen LogP) is 3.90. The van der Waals surface area contributed by atoms with E-state index in [1.165, 1.54) is 17.0 Å². The fourth-order valence-corrected chi connectivity index (χ4v) is 3.24. The summed E-state index contributed by atoms with van der Waals surface area (Å²) in [4.78, 5) is 14.2. The molecule has 0 saturated carbocycles. The van der Waals surface area contributed by atoms with Crippen LogP contribution in [0, 0.1) is 12.7 Å². The molecule has 0 radical (unpaired) electrons. The Labute approximate surface area is 138 Å². The van der Waals surface area contributed by atoms with Gasteiger partial charge in [0.05, 0.1) is 6.42 Å². The molecule has 2 rings (SSSR count). The number of nitrogens with one attached hydrogen (secondary N) is 1. The summed E-state index contributed by atoms with van der Waals surface area (Å²) in [6.45, 7) is 2.35. The number of hydrogen-bond acceptors (Lipinski definition) is 3. The summed E-state index contributed by atoms with van der Waals surface area (Å²) in [5.74, 6) is -0.762. The molecule has 0 aliphatic carbocycles. The molecule has 0 aliphatic rings. The summed E-state index contributed by atoms with van der Waals surface area (Å²) in [5.41, 5.74) is 0.211. The average Bonchev–Trinajstić information content (AvgIpc) is 2.90. The topological polar surface area (TPSA) is 38.3 Å². The number of carbonyl (C=O) groups is 1. The number of ether oxygens (including phenoxy) is 1. The Balaban J connectivity index is 1.94. The van der Waals surface area contributed by atoms with Crippen LogP contribution in [0.25, 0.3) is 0 Å². The van der Waals surface area contributed by atoms with Crippen LogP contribution in [0.5, 0.6) is 0 Å². The largest absolute Gasteiger partial charge is 0.374 e. The fraction of sp³-hybridized carbons (Fsp3) is 0.312. The summed E-state index contributed by atoms with van der Waals surface area (Å²) in [6.07, 6.45) is -0.301. The second-order valence-corrected chi connectivity index (χ2v) is 6.58. The number of halogens is 2. The molecule has 0 bridgehead atoms. The van der Waals surface area contributed by atoms with E-state index < -0.39 is 5.82 Å². The van der Waals surface area contributed by atoms with Gasteiger partial charge in [-0.2, -0.15) is 0 Å². The van der Waals surface area contributed by atoms with Crippen LogP contribution in [-0.2, 0) is 16.0 Å². The standard InChI is InChI=1S/C16H17ClFNO2S/c1-10-6-7-15(22-10)14(21-2)9-19-16(20)8-11-12(17)4-3-5-13(11)18/h3-7,14H,8-9H2,1-2H3,(H,19,20). The minimum absolute atomic E-state index is 0.0919.